The van der Waals surface area contributed by atoms with Crippen molar-refractivity contribution < 1.29 is 14.7 Å². The zero-order valence-electron chi connectivity index (χ0n) is 12.2. The van der Waals surface area contributed by atoms with Gasteiger partial charge in [0.1, 0.15) is 6.04 Å². The summed E-state index contributed by atoms with van der Waals surface area (Å²) in [6.45, 7) is 2.23. The number of hydrogen-bond acceptors (Lipinski definition) is 3. The molecule has 2 aliphatic rings. The van der Waals surface area contributed by atoms with Gasteiger partial charge in [-0.25, -0.2) is 4.79 Å². The Morgan fingerprint density at radius 1 is 1.43 bits per heavy atom. The molecule has 4 nitrogen and oxygen atoms in total. The molecule has 0 radical (unpaired) electrons. The molecule has 5 heteroatoms. The van der Waals surface area contributed by atoms with E-state index in [1.807, 2.05) is 5.38 Å². The van der Waals surface area contributed by atoms with Gasteiger partial charge in [-0.3, -0.25) is 4.79 Å². The SMILES string of the molecule is CC1CCc2c(C(=O)NC(CC3CC3)C(=O)O)csc2C1. The Labute approximate surface area is 128 Å². The van der Waals surface area contributed by atoms with Crippen LogP contribution in [0.25, 0.3) is 0 Å². The van der Waals surface area contributed by atoms with Gasteiger partial charge in [0, 0.05) is 10.3 Å². The number of thiophene rings is 1. The normalized spacial score (nSPS) is 22.4. The highest BCUT2D eigenvalue weighted by molar-refractivity contribution is 7.10. The molecule has 0 bridgehead atoms. The van der Waals surface area contributed by atoms with Gasteiger partial charge in [-0.1, -0.05) is 19.8 Å². The zero-order chi connectivity index (χ0) is 15.0. The number of hydrogen-bond donors (Lipinski definition) is 2. The number of carbonyl (C=O) groups is 2. The molecule has 2 unspecified atom stereocenters. The van der Waals surface area contributed by atoms with Gasteiger partial charge in [0.05, 0.1) is 5.56 Å². The Bertz CT molecular complexity index is 562. The van der Waals surface area contributed by atoms with Crippen molar-refractivity contribution in [3.05, 3.63) is 21.4 Å². The topological polar surface area (TPSA) is 66.4 Å². The molecule has 0 aromatic carbocycles. The second kappa shape index (κ2) is 5.79. The van der Waals surface area contributed by atoms with Gasteiger partial charge >= 0.3 is 5.97 Å². The van der Waals surface area contributed by atoms with Crippen LogP contribution in [0.15, 0.2) is 5.38 Å². The van der Waals surface area contributed by atoms with Gasteiger partial charge in [-0.15, -0.1) is 11.3 Å². The van der Waals surface area contributed by atoms with Crippen LogP contribution in [0.5, 0.6) is 0 Å². The van der Waals surface area contributed by atoms with E-state index in [1.165, 1.54) is 4.88 Å². The molecule has 1 amide bonds. The third-order valence-corrected chi connectivity index (χ3v) is 5.57. The quantitative estimate of drug-likeness (QED) is 0.879. The minimum Gasteiger partial charge on any atom is -0.480 e. The summed E-state index contributed by atoms with van der Waals surface area (Å²) in [5.74, 6) is 0.0143. The lowest BCUT2D eigenvalue weighted by atomic mass is 9.88. The van der Waals surface area contributed by atoms with E-state index < -0.39 is 12.0 Å². The second-order valence-electron chi connectivity index (χ2n) is 6.44. The van der Waals surface area contributed by atoms with E-state index in [1.54, 1.807) is 11.3 Å². The molecule has 1 aromatic heterocycles. The van der Waals surface area contributed by atoms with Crippen molar-refractivity contribution in [3.8, 4) is 0 Å². The maximum atomic E-state index is 12.4. The van der Waals surface area contributed by atoms with E-state index >= 15 is 0 Å². The maximum absolute atomic E-state index is 12.4. The van der Waals surface area contributed by atoms with E-state index in [2.05, 4.69) is 12.2 Å². The number of carboxylic acids is 1. The first-order valence-electron chi connectivity index (χ1n) is 7.67. The third kappa shape index (κ3) is 3.28. The number of carbonyl (C=O) groups excluding carboxylic acids is 1. The van der Waals surface area contributed by atoms with E-state index in [4.69, 9.17) is 0 Å². The van der Waals surface area contributed by atoms with Crippen molar-refractivity contribution in [1.29, 1.82) is 0 Å². The van der Waals surface area contributed by atoms with Crippen molar-refractivity contribution >= 4 is 23.2 Å². The van der Waals surface area contributed by atoms with Crippen LogP contribution in [0.1, 0.15) is 53.4 Å². The molecule has 0 saturated heterocycles. The molecule has 1 fully saturated rings. The van der Waals surface area contributed by atoms with Crippen molar-refractivity contribution in [2.24, 2.45) is 11.8 Å². The number of nitrogens with one attached hydrogen (secondary N) is 1. The summed E-state index contributed by atoms with van der Waals surface area (Å²) in [4.78, 5) is 25.0. The highest BCUT2D eigenvalue weighted by Crippen LogP contribution is 2.34. The van der Waals surface area contributed by atoms with Crippen molar-refractivity contribution in [3.63, 3.8) is 0 Å². The second-order valence-corrected chi connectivity index (χ2v) is 7.41. The molecule has 1 heterocycles. The van der Waals surface area contributed by atoms with Crippen LogP contribution < -0.4 is 5.32 Å². The Kier molecular flexibility index (Phi) is 4.02. The fourth-order valence-electron chi connectivity index (χ4n) is 3.01. The Morgan fingerprint density at radius 3 is 2.86 bits per heavy atom. The molecule has 0 spiro atoms. The molecule has 2 N–H and O–H groups in total. The van der Waals surface area contributed by atoms with Gasteiger partial charge in [0.2, 0.25) is 0 Å². The molecule has 2 atom stereocenters. The lowest BCUT2D eigenvalue weighted by molar-refractivity contribution is -0.139. The van der Waals surface area contributed by atoms with Crippen LogP contribution in [0, 0.1) is 11.8 Å². The first kappa shape index (κ1) is 14.6. The van der Waals surface area contributed by atoms with E-state index in [-0.39, 0.29) is 5.91 Å². The lowest BCUT2D eigenvalue weighted by Crippen LogP contribution is -2.41. The molecule has 3 rings (SSSR count). The average molecular weight is 307 g/mol. The van der Waals surface area contributed by atoms with E-state index in [9.17, 15) is 14.7 Å². The Morgan fingerprint density at radius 2 is 2.19 bits per heavy atom. The van der Waals surface area contributed by atoms with Crippen molar-refractivity contribution in [1.82, 2.24) is 5.32 Å². The molecule has 1 aromatic rings. The third-order valence-electron chi connectivity index (χ3n) is 4.52. The summed E-state index contributed by atoms with van der Waals surface area (Å²) in [5.41, 5.74) is 1.84. The van der Waals surface area contributed by atoms with Gasteiger partial charge in [-0.05, 0) is 43.1 Å². The Balaban J connectivity index is 1.71. The number of amides is 1. The van der Waals surface area contributed by atoms with Crippen LogP contribution in [0.2, 0.25) is 0 Å². The van der Waals surface area contributed by atoms with Crippen LogP contribution in [0.3, 0.4) is 0 Å². The molecule has 21 heavy (non-hydrogen) atoms. The fourth-order valence-corrected chi connectivity index (χ4v) is 4.26. The maximum Gasteiger partial charge on any atom is 0.326 e. The summed E-state index contributed by atoms with van der Waals surface area (Å²) in [5, 5.41) is 13.9. The summed E-state index contributed by atoms with van der Waals surface area (Å²) < 4.78 is 0. The predicted octanol–water partition coefficient (Wildman–Crippen LogP) is 2.86. The Hall–Kier alpha value is -1.36. The molecule has 2 aliphatic carbocycles. The number of fused-ring (bicyclic) bond motifs is 1. The van der Waals surface area contributed by atoms with Gasteiger partial charge < -0.3 is 10.4 Å². The number of carboxylic acid groups (broad SMARTS) is 1. The first-order valence-corrected chi connectivity index (χ1v) is 8.55. The fraction of sp³-hybridized carbons (Fsp3) is 0.625. The van der Waals surface area contributed by atoms with Crippen molar-refractivity contribution in [2.45, 2.75) is 51.5 Å². The van der Waals surface area contributed by atoms with Gasteiger partial charge in [0.15, 0.2) is 0 Å². The largest absolute Gasteiger partial charge is 0.480 e. The standard InChI is InChI=1S/C16H21NO3S/c1-9-2-5-11-12(8-21-14(11)6-9)15(18)17-13(16(19)20)7-10-3-4-10/h8-10,13H,2-7H2,1H3,(H,17,18)(H,19,20). The summed E-state index contributed by atoms with van der Waals surface area (Å²) in [7, 11) is 0. The summed E-state index contributed by atoms with van der Waals surface area (Å²) in [6.07, 6.45) is 5.82. The molecular formula is C16H21NO3S. The van der Waals surface area contributed by atoms with Crippen molar-refractivity contribution in [2.75, 3.05) is 0 Å². The molecule has 1 saturated carbocycles. The first-order chi connectivity index (χ1) is 10.0. The minimum absolute atomic E-state index is 0.213. The van der Waals surface area contributed by atoms with Gasteiger partial charge in [0.25, 0.3) is 5.91 Å². The molecular weight excluding hydrogens is 286 g/mol. The van der Waals surface area contributed by atoms with Crippen LogP contribution in [-0.4, -0.2) is 23.0 Å². The number of rotatable bonds is 5. The van der Waals surface area contributed by atoms with Crippen LogP contribution >= 0.6 is 11.3 Å². The zero-order valence-corrected chi connectivity index (χ0v) is 13.0. The van der Waals surface area contributed by atoms with Crippen LogP contribution in [-0.2, 0) is 17.6 Å². The highest BCUT2D eigenvalue weighted by Gasteiger charge is 2.31. The smallest absolute Gasteiger partial charge is 0.326 e. The summed E-state index contributed by atoms with van der Waals surface area (Å²) in [6, 6.07) is -0.747. The number of aliphatic carboxylic acids is 1. The predicted molar refractivity (Wildman–Crippen MR) is 81.7 cm³/mol. The van der Waals surface area contributed by atoms with E-state index in [0.29, 0.717) is 23.8 Å². The average Bonchev–Trinajstić information content (AvgIpc) is 3.15. The van der Waals surface area contributed by atoms with Gasteiger partial charge in [-0.2, -0.15) is 0 Å². The van der Waals surface area contributed by atoms with E-state index in [0.717, 1.165) is 37.7 Å². The monoisotopic (exact) mass is 307 g/mol. The lowest BCUT2D eigenvalue weighted by Gasteiger charge is -2.19. The molecule has 0 aliphatic heterocycles. The highest BCUT2D eigenvalue weighted by atomic mass is 32.1. The summed E-state index contributed by atoms with van der Waals surface area (Å²) >= 11 is 1.64. The van der Waals surface area contributed by atoms with Crippen LogP contribution in [0.4, 0.5) is 0 Å². The molecule has 114 valence electrons. The minimum atomic E-state index is -0.923.